The highest BCUT2D eigenvalue weighted by Crippen LogP contribution is 2.24. The zero-order valence-electron chi connectivity index (χ0n) is 11.7. The molecule has 0 unspecified atom stereocenters. The normalized spacial score (nSPS) is 11.2. The number of rotatable bonds is 4. The van der Waals surface area contributed by atoms with Crippen molar-refractivity contribution in [2.24, 2.45) is 0 Å². The number of carbonyl (C=O) groups is 1. The molecular weight excluding hydrogens is 347 g/mol. The predicted molar refractivity (Wildman–Crippen MR) is 79.5 cm³/mol. The monoisotopic (exact) mass is 355 g/mol. The van der Waals surface area contributed by atoms with Gasteiger partial charge in [0.1, 0.15) is 12.4 Å². The second kappa shape index (κ2) is 6.35. The molecule has 0 saturated carbocycles. The molecule has 0 aliphatic rings. The molecule has 1 amide bonds. The van der Waals surface area contributed by atoms with E-state index >= 15 is 0 Å². The molecule has 1 aromatic carbocycles. The molecule has 124 valence electrons. The highest BCUT2D eigenvalue weighted by Gasteiger charge is 2.16. The second-order valence-electron chi connectivity index (χ2n) is 4.63. The van der Waals surface area contributed by atoms with E-state index in [1.807, 2.05) is 0 Å². The van der Waals surface area contributed by atoms with Crippen LogP contribution in [0.3, 0.4) is 0 Å². The Morgan fingerprint density at radius 2 is 2.12 bits per heavy atom. The minimum Gasteiger partial charge on any atom is -0.299 e. The minimum atomic E-state index is -2.78. The number of aromatic nitrogens is 4. The van der Waals surface area contributed by atoms with Crippen molar-refractivity contribution in [1.29, 1.82) is 0 Å². The van der Waals surface area contributed by atoms with E-state index in [0.29, 0.717) is 16.9 Å². The topological polar surface area (TPSA) is 89.8 Å². The predicted octanol–water partition coefficient (Wildman–Crippen LogP) is 1.96. The van der Waals surface area contributed by atoms with E-state index in [4.69, 9.17) is 0 Å². The first-order chi connectivity index (χ1) is 11.4. The Labute approximate surface area is 135 Å². The fraction of sp³-hybridized carbons (Fsp3) is 0.154. The van der Waals surface area contributed by atoms with Crippen LogP contribution < -0.4 is 10.9 Å². The highest BCUT2D eigenvalue weighted by molar-refractivity contribution is 7.15. The molecule has 0 aliphatic carbocycles. The zero-order valence-corrected chi connectivity index (χ0v) is 12.6. The third kappa shape index (κ3) is 3.25. The van der Waals surface area contributed by atoms with Gasteiger partial charge in [-0.1, -0.05) is 11.3 Å². The molecule has 0 atom stereocenters. The van der Waals surface area contributed by atoms with E-state index in [0.717, 1.165) is 17.0 Å². The molecular formula is C13H8F3N5O2S. The van der Waals surface area contributed by atoms with Crippen LogP contribution in [0.2, 0.25) is 0 Å². The van der Waals surface area contributed by atoms with E-state index in [9.17, 15) is 22.8 Å². The first-order valence-corrected chi connectivity index (χ1v) is 7.32. The van der Waals surface area contributed by atoms with E-state index in [1.54, 1.807) is 0 Å². The van der Waals surface area contributed by atoms with Gasteiger partial charge in [-0.3, -0.25) is 19.5 Å². The van der Waals surface area contributed by atoms with Crippen LogP contribution in [-0.4, -0.2) is 25.7 Å². The number of fused-ring (bicyclic) bond motifs is 1. The van der Waals surface area contributed by atoms with E-state index in [1.165, 1.54) is 12.1 Å². The molecule has 11 heteroatoms. The van der Waals surface area contributed by atoms with Crippen LogP contribution in [0.5, 0.6) is 0 Å². The smallest absolute Gasteiger partial charge is 0.291 e. The summed E-state index contributed by atoms with van der Waals surface area (Å²) in [7, 11) is 0. The van der Waals surface area contributed by atoms with Gasteiger partial charge in [-0.25, -0.2) is 18.2 Å². The van der Waals surface area contributed by atoms with Crippen molar-refractivity contribution in [1.82, 2.24) is 19.7 Å². The number of benzene rings is 1. The Morgan fingerprint density at radius 1 is 1.33 bits per heavy atom. The lowest BCUT2D eigenvalue weighted by atomic mass is 10.2. The maximum Gasteiger partial charge on any atom is 0.291 e. The van der Waals surface area contributed by atoms with Crippen molar-refractivity contribution in [2.75, 3.05) is 5.32 Å². The number of halogens is 3. The van der Waals surface area contributed by atoms with Gasteiger partial charge in [0.2, 0.25) is 11.0 Å². The van der Waals surface area contributed by atoms with Gasteiger partial charge in [0.25, 0.3) is 12.0 Å². The van der Waals surface area contributed by atoms with Gasteiger partial charge in [0.05, 0.1) is 17.2 Å². The summed E-state index contributed by atoms with van der Waals surface area (Å²) in [6.45, 7) is -0.429. The molecule has 0 bridgehead atoms. The summed E-state index contributed by atoms with van der Waals surface area (Å²) in [6, 6.07) is 3.55. The SMILES string of the molecule is O=C(Cn1cnc2ccc(F)cc2c1=O)Nc1nnc(C(F)F)s1. The Kier molecular flexibility index (Phi) is 4.25. The van der Waals surface area contributed by atoms with Gasteiger partial charge in [0, 0.05) is 0 Å². The molecule has 7 nitrogen and oxygen atoms in total. The Morgan fingerprint density at radius 3 is 2.83 bits per heavy atom. The molecule has 3 rings (SSSR count). The average molecular weight is 355 g/mol. The Bertz CT molecular complexity index is 972. The third-order valence-corrected chi connectivity index (χ3v) is 3.82. The molecule has 0 fully saturated rings. The van der Waals surface area contributed by atoms with E-state index in [-0.39, 0.29) is 10.5 Å². The van der Waals surface area contributed by atoms with Gasteiger partial charge >= 0.3 is 0 Å². The first kappa shape index (κ1) is 16.1. The second-order valence-corrected chi connectivity index (χ2v) is 5.64. The summed E-state index contributed by atoms with van der Waals surface area (Å²) >= 11 is 0.532. The van der Waals surface area contributed by atoms with Crippen molar-refractivity contribution in [3.05, 3.63) is 45.7 Å². The lowest BCUT2D eigenvalue weighted by molar-refractivity contribution is -0.116. The molecule has 0 saturated heterocycles. The number of hydrogen-bond acceptors (Lipinski definition) is 6. The lowest BCUT2D eigenvalue weighted by Gasteiger charge is -2.06. The van der Waals surface area contributed by atoms with Crippen molar-refractivity contribution in [3.8, 4) is 0 Å². The number of nitrogens with zero attached hydrogens (tertiary/aromatic N) is 4. The van der Waals surface area contributed by atoms with Gasteiger partial charge in [-0.2, -0.15) is 0 Å². The summed E-state index contributed by atoms with van der Waals surface area (Å²) < 4.78 is 39.0. The summed E-state index contributed by atoms with van der Waals surface area (Å²) in [5.41, 5.74) is -0.302. The van der Waals surface area contributed by atoms with Crippen LogP contribution in [0.25, 0.3) is 10.9 Å². The van der Waals surface area contributed by atoms with Crippen molar-refractivity contribution in [3.63, 3.8) is 0 Å². The maximum atomic E-state index is 13.2. The number of nitrogens with one attached hydrogen (secondary N) is 1. The van der Waals surface area contributed by atoms with Crippen LogP contribution in [0.4, 0.5) is 18.3 Å². The molecule has 0 spiro atoms. The summed E-state index contributed by atoms with van der Waals surface area (Å²) in [4.78, 5) is 28.1. The largest absolute Gasteiger partial charge is 0.299 e. The number of alkyl halides is 2. The van der Waals surface area contributed by atoms with Crippen LogP contribution in [0.15, 0.2) is 29.3 Å². The summed E-state index contributed by atoms with van der Waals surface area (Å²) in [6.07, 6.45) is -1.64. The first-order valence-electron chi connectivity index (χ1n) is 6.50. The lowest BCUT2D eigenvalue weighted by Crippen LogP contribution is -2.27. The molecule has 0 aliphatic heterocycles. The summed E-state index contributed by atoms with van der Waals surface area (Å²) in [5.74, 6) is -1.27. The number of amides is 1. The van der Waals surface area contributed by atoms with Crippen LogP contribution in [0, 0.1) is 5.82 Å². The number of carbonyl (C=O) groups excluding carboxylic acids is 1. The Hall–Kier alpha value is -2.82. The molecule has 1 N–H and O–H groups in total. The molecule has 24 heavy (non-hydrogen) atoms. The van der Waals surface area contributed by atoms with Crippen LogP contribution in [-0.2, 0) is 11.3 Å². The van der Waals surface area contributed by atoms with E-state index in [2.05, 4.69) is 20.5 Å². The average Bonchev–Trinajstić information content (AvgIpc) is 2.99. The third-order valence-electron chi connectivity index (χ3n) is 2.97. The fourth-order valence-electron chi connectivity index (χ4n) is 1.93. The van der Waals surface area contributed by atoms with Crippen LogP contribution >= 0.6 is 11.3 Å². The van der Waals surface area contributed by atoms with Crippen molar-refractivity contribution in [2.45, 2.75) is 13.0 Å². The van der Waals surface area contributed by atoms with Crippen LogP contribution in [0.1, 0.15) is 11.4 Å². The minimum absolute atomic E-state index is 0.0289. The van der Waals surface area contributed by atoms with E-state index < -0.39 is 35.3 Å². The van der Waals surface area contributed by atoms with Gasteiger partial charge in [-0.05, 0) is 18.2 Å². The molecule has 0 radical (unpaired) electrons. The van der Waals surface area contributed by atoms with Crippen molar-refractivity contribution >= 4 is 33.3 Å². The Balaban J connectivity index is 1.80. The molecule has 3 aromatic rings. The molecule has 2 heterocycles. The van der Waals surface area contributed by atoms with Gasteiger partial charge in [-0.15, -0.1) is 10.2 Å². The number of anilines is 1. The zero-order chi connectivity index (χ0) is 17.3. The maximum absolute atomic E-state index is 13.2. The summed E-state index contributed by atoms with van der Waals surface area (Å²) in [5, 5.41) is 8.29. The van der Waals surface area contributed by atoms with Gasteiger partial charge in [0.15, 0.2) is 5.01 Å². The molecule has 2 aromatic heterocycles. The quantitative estimate of drug-likeness (QED) is 0.773. The number of hydrogen-bond donors (Lipinski definition) is 1. The highest BCUT2D eigenvalue weighted by atomic mass is 32.1. The van der Waals surface area contributed by atoms with Crippen molar-refractivity contribution < 1.29 is 18.0 Å². The van der Waals surface area contributed by atoms with Gasteiger partial charge < -0.3 is 0 Å². The fourth-order valence-corrected chi connectivity index (χ4v) is 2.55. The standard InChI is InChI=1S/C13H8F3N5O2S/c14-6-1-2-8-7(3-6)12(23)21(5-17-8)4-9(22)18-13-20-19-11(24-13)10(15)16/h1-3,5,10H,4H2,(H,18,20,22).